The van der Waals surface area contributed by atoms with E-state index in [1.165, 1.54) is 12.3 Å². The van der Waals surface area contributed by atoms with Crippen molar-refractivity contribution in [3.05, 3.63) is 64.8 Å². The van der Waals surface area contributed by atoms with Crippen LogP contribution < -0.4 is 5.32 Å². The van der Waals surface area contributed by atoms with Crippen LogP contribution in [0.1, 0.15) is 16.1 Å². The van der Waals surface area contributed by atoms with E-state index in [2.05, 4.69) is 15.4 Å². The lowest BCUT2D eigenvalue weighted by Crippen LogP contribution is -2.14. The Kier molecular flexibility index (Phi) is 4.31. The molecule has 24 heavy (non-hydrogen) atoms. The third kappa shape index (κ3) is 3.14. The smallest absolute Gasteiger partial charge is 0.276 e. The quantitative estimate of drug-likeness (QED) is 0.785. The highest BCUT2D eigenvalue weighted by Gasteiger charge is 2.16. The van der Waals surface area contributed by atoms with E-state index in [0.717, 1.165) is 23.0 Å². The van der Waals surface area contributed by atoms with Gasteiger partial charge in [0.1, 0.15) is 0 Å². The van der Waals surface area contributed by atoms with Gasteiger partial charge in [0.25, 0.3) is 5.91 Å². The van der Waals surface area contributed by atoms with Gasteiger partial charge in [-0.15, -0.1) is 0 Å². The molecule has 3 aromatic rings. The lowest BCUT2D eigenvalue weighted by molar-refractivity contribution is 0.102. The Morgan fingerprint density at radius 3 is 2.83 bits per heavy atom. The van der Waals surface area contributed by atoms with Crippen molar-refractivity contribution in [1.29, 1.82) is 0 Å². The monoisotopic (exact) mass is 344 g/mol. The van der Waals surface area contributed by atoms with Gasteiger partial charge >= 0.3 is 0 Å². The molecule has 0 unspecified atom stereocenters. The molecule has 0 aliphatic rings. The summed E-state index contributed by atoms with van der Waals surface area (Å²) in [5, 5.41) is 7.29. The molecule has 122 valence electrons. The van der Waals surface area contributed by atoms with E-state index in [9.17, 15) is 9.18 Å². The van der Waals surface area contributed by atoms with Crippen LogP contribution in [0.5, 0.6) is 0 Å². The predicted molar refractivity (Wildman–Crippen MR) is 90.5 cm³/mol. The van der Waals surface area contributed by atoms with Gasteiger partial charge in [0.05, 0.1) is 17.6 Å². The average molecular weight is 345 g/mol. The second-order valence-electron chi connectivity index (χ2n) is 5.31. The van der Waals surface area contributed by atoms with Crippen molar-refractivity contribution < 1.29 is 9.18 Å². The van der Waals surface area contributed by atoms with E-state index in [1.54, 1.807) is 23.9 Å². The standard InChI is InChI=1S/C17H14ClFN4O/c1-10-3-4-11(18)7-12(10)16-8-15(22-23(16)2)17(24)21-14-5-6-20-9-13(14)19/h3-9H,1-2H3,(H,20,21,24). The highest BCUT2D eigenvalue weighted by atomic mass is 35.5. The summed E-state index contributed by atoms with van der Waals surface area (Å²) in [6.45, 7) is 1.95. The van der Waals surface area contributed by atoms with Crippen molar-refractivity contribution in [3.63, 3.8) is 0 Å². The number of halogens is 2. The number of anilines is 1. The lowest BCUT2D eigenvalue weighted by Gasteiger charge is -2.06. The van der Waals surface area contributed by atoms with Gasteiger partial charge in [-0.25, -0.2) is 4.39 Å². The number of rotatable bonds is 3. The Morgan fingerprint density at radius 1 is 1.29 bits per heavy atom. The molecule has 0 saturated heterocycles. The maximum absolute atomic E-state index is 13.6. The summed E-state index contributed by atoms with van der Waals surface area (Å²) in [5.41, 5.74) is 2.88. The summed E-state index contributed by atoms with van der Waals surface area (Å²) in [5.74, 6) is -1.10. The Hall–Kier alpha value is -2.73. The average Bonchev–Trinajstić information content (AvgIpc) is 2.94. The summed E-state index contributed by atoms with van der Waals surface area (Å²) in [7, 11) is 1.74. The number of pyridine rings is 1. The van der Waals surface area contributed by atoms with Gasteiger partial charge in [-0.05, 0) is 36.8 Å². The molecule has 0 aliphatic carbocycles. The van der Waals surface area contributed by atoms with Gasteiger partial charge in [0, 0.05) is 23.8 Å². The first-order valence-corrected chi connectivity index (χ1v) is 7.55. The fourth-order valence-corrected chi connectivity index (χ4v) is 2.54. The number of benzene rings is 1. The number of nitrogens with zero attached hydrogens (tertiary/aromatic N) is 3. The number of hydrogen-bond acceptors (Lipinski definition) is 3. The number of aromatic nitrogens is 3. The van der Waals surface area contributed by atoms with Crippen LogP contribution in [-0.4, -0.2) is 20.7 Å². The zero-order chi connectivity index (χ0) is 17.3. The zero-order valence-corrected chi connectivity index (χ0v) is 13.8. The third-order valence-corrected chi connectivity index (χ3v) is 3.84. The van der Waals surface area contributed by atoms with Crippen molar-refractivity contribution >= 4 is 23.2 Å². The topological polar surface area (TPSA) is 59.8 Å². The Labute approximate surface area is 143 Å². The van der Waals surface area contributed by atoms with Crippen LogP contribution in [0.25, 0.3) is 11.3 Å². The van der Waals surface area contributed by atoms with Crippen LogP contribution in [0, 0.1) is 12.7 Å². The third-order valence-electron chi connectivity index (χ3n) is 3.61. The van der Waals surface area contributed by atoms with E-state index in [0.29, 0.717) is 5.02 Å². The molecule has 0 aliphatic heterocycles. The molecule has 1 amide bonds. The highest BCUT2D eigenvalue weighted by molar-refractivity contribution is 6.30. The molecular weight excluding hydrogens is 331 g/mol. The van der Waals surface area contributed by atoms with Gasteiger partial charge in [0.15, 0.2) is 11.5 Å². The minimum absolute atomic E-state index is 0.0566. The second kappa shape index (κ2) is 6.41. The minimum atomic E-state index is -0.604. The number of carbonyl (C=O) groups excluding carboxylic acids is 1. The molecule has 2 aromatic heterocycles. The first-order valence-electron chi connectivity index (χ1n) is 7.17. The van der Waals surface area contributed by atoms with Crippen LogP contribution in [0.3, 0.4) is 0 Å². The predicted octanol–water partition coefficient (Wildman–Crippen LogP) is 3.84. The number of nitrogens with one attached hydrogen (secondary N) is 1. The molecule has 7 heteroatoms. The van der Waals surface area contributed by atoms with Gasteiger partial charge in [-0.3, -0.25) is 14.5 Å². The molecule has 0 fully saturated rings. The zero-order valence-electron chi connectivity index (χ0n) is 13.0. The maximum atomic E-state index is 13.6. The Balaban J connectivity index is 1.93. The van der Waals surface area contributed by atoms with Crippen molar-refractivity contribution in [2.45, 2.75) is 6.92 Å². The molecule has 0 saturated carbocycles. The fraction of sp³-hybridized carbons (Fsp3) is 0.118. The SMILES string of the molecule is Cc1ccc(Cl)cc1-c1cc(C(=O)Nc2ccncc2F)nn1C. The van der Waals surface area contributed by atoms with Crippen LogP contribution in [0.15, 0.2) is 42.7 Å². The van der Waals surface area contributed by atoms with E-state index < -0.39 is 11.7 Å². The normalized spacial score (nSPS) is 10.7. The van der Waals surface area contributed by atoms with Crippen LogP contribution in [0.4, 0.5) is 10.1 Å². The second-order valence-corrected chi connectivity index (χ2v) is 5.74. The summed E-state index contributed by atoms with van der Waals surface area (Å²) < 4.78 is 15.2. The van der Waals surface area contributed by atoms with Crippen molar-refractivity contribution in [2.75, 3.05) is 5.32 Å². The summed E-state index contributed by atoms with van der Waals surface area (Å²) in [6.07, 6.45) is 2.44. The highest BCUT2D eigenvalue weighted by Crippen LogP contribution is 2.27. The molecule has 0 radical (unpaired) electrons. The van der Waals surface area contributed by atoms with Gasteiger partial charge in [0.2, 0.25) is 0 Å². The minimum Gasteiger partial charge on any atom is -0.318 e. The van der Waals surface area contributed by atoms with Crippen LogP contribution >= 0.6 is 11.6 Å². The summed E-state index contributed by atoms with van der Waals surface area (Å²) in [4.78, 5) is 16.0. The largest absolute Gasteiger partial charge is 0.318 e. The molecule has 0 spiro atoms. The molecular formula is C17H14ClFN4O. The molecule has 3 rings (SSSR count). The van der Waals surface area contributed by atoms with Crippen LogP contribution in [0.2, 0.25) is 5.02 Å². The van der Waals surface area contributed by atoms with Gasteiger partial charge in [-0.1, -0.05) is 17.7 Å². The molecule has 1 aromatic carbocycles. The molecule has 0 bridgehead atoms. The molecule has 5 nitrogen and oxygen atoms in total. The summed E-state index contributed by atoms with van der Waals surface area (Å²) >= 11 is 6.06. The van der Waals surface area contributed by atoms with E-state index >= 15 is 0 Å². The molecule has 1 N–H and O–H groups in total. The Morgan fingerprint density at radius 2 is 2.08 bits per heavy atom. The van der Waals surface area contributed by atoms with E-state index in [-0.39, 0.29) is 11.4 Å². The number of carbonyl (C=O) groups is 1. The van der Waals surface area contributed by atoms with E-state index in [1.807, 2.05) is 19.1 Å². The first kappa shape index (κ1) is 16.1. The maximum Gasteiger partial charge on any atom is 0.276 e. The fourth-order valence-electron chi connectivity index (χ4n) is 2.36. The number of hydrogen-bond donors (Lipinski definition) is 1. The number of amides is 1. The van der Waals surface area contributed by atoms with E-state index in [4.69, 9.17) is 11.6 Å². The lowest BCUT2D eigenvalue weighted by atomic mass is 10.1. The van der Waals surface area contributed by atoms with Crippen molar-refractivity contribution in [3.8, 4) is 11.3 Å². The van der Waals surface area contributed by atoms with Gasteiger partial charge < -0.3 is 5.32 Å². The molecule has 2 heterocycles. The van der Waals surface area contributed by atoms with Gasteiger partial charge in [-0.2, -0.15) is 5.10 Å². The van der Waals surface area contributed by atoms with Crippen LogP contribution in [-0.2, 0) is 7.05 Å². The first-order chi connectivity index (χ1) is 11.5. The molecule has 0 atom stereocenters. The number of aryl methyl sites for hydroxylation is 2. The summed E-state index contributed by atoms with van der Waals surface area (Å²) in [6, 6.07) is 8.55. The van der Waals surface area contributed by atoms with Crippen molar-refractivity contribution in [2.24, 2.45) is 7.05 Å². The van der Waals surface area contributed by atoms with Crippen molar-refractivity contribution in [1.82, 2.24) is 14.8 Å². The Bertz CT molecular complexity index is 923.